The Hall–Kier alpha value is -0.610. The fourth-order valence-electron chi connectivity index (χ4n) is 4.21. The van der Waals surface area contributed by atoms with E-state index in [0.717, 1.165) is 32.5 Å². The highest BCUT2D eigenvalue weighted by molar-refractivity contribution is 5.82. The maximum Gasteiger partial charge on any atom is 0.240 e. The van der Waals surface area contributed by atoms with Gasteiger partial charge in [0.1, 0.15) is 0 Å². The van der Waals surface area contributed by atoms with Crippen molar-refractivity contribution >= 4 is 5.91 Å². The van der Waals surface area contributed by atoms with E-state index in [1.54, 1.807) is 0 Å². The van der Waals surface area contributed by atoms with Crippen LogP contribution < -0.4 is 5.73 Å². The fourth-order valence-corrected chi connectivity index (χ4v) is 4.21. The number of hydrogen-bond donors (Lipinski definition) is 1. The van der Waals surface area contributed by atoms with Gasteiger partial charge in [0.15, 0.2) is 0 Å². The Balaban J connectivity index is 2.07. The van der Waals surface area contributed by atoms with Gasteiger partial charge >= 0.3 is 0 Å². The zero-order valence-corrected chi connectivity index (χ0v) is 14.8. The third kappa shape index (κ3) is 4.23. The SMILES string of the molecule is CCN(C1CCCCC1)C(C(=O)N1CCC(N)CC1)C(C)C. The summed E-state index contributed by atoms with van der Waals surface area (Å²) in [5.41, 5.74) is 5.99. The van der Waals surface area contributed by atoms with Crippen LogP contribution in [0.25, 0.3) is 0 Å². The summed E-state index contributed by atoms with van der Waals surface area (Å²) in [6.07, 6.45) is 8.42. The van der Waals surface area contributed by atoms with Crippen LogP contribution in [0.3, 0.4) is 0 Å². The third-order valence-electron chi connectivity index (χ3n) is 5.50. The second-order valence-corrected chi connectivity index (χ2v) is 7.47. The minimum absolute atomic E-state index is 0.0439. The predicted octanol–water partition coefficient (Wildman–Crippen LogP) is 2.62. The van der Waals surface area contributed by atoms with Crippen molar-refractivity contribution in [1.82, 2.24) is 9.80 Å². The van der Waals surface area contributed by atoms with E-state index < -0.39 is 0 Å². The maximum atomic E-state index is 13.1. The molecule has 1 saturated heterocycles. The number of nitrogens with zero attached hydrogens (tertiary/aromatic N) is 2. The van der Waals surface area contributed by atoms with Gasteiger partial charge in [-0.15, -0.1) is 0 Å². The lowest BCUT2D eigenvalue weighted by atomic mass is 9.90. The second kappa shape index (κ2) is 8.30. The summed E-state index contributed by atoms with van der Waals surface area (Å²) < 4.78 is 0. The molecule has 1 aliphatic carbocycles. The lowest BCUT2D eigenvalue weighted by Crippen LogP contribution is -2.56. The van der Waals surface area contributed by atoms with Crippen molar-refractivity contribution in [2.75, 3.05) is 19.6 Å². The molecule has 0 radical (unpaired) electrons. The molecule has 0 aromatic carbocycles. The normalized spacial score (nSPS) is 23.3. The molecule has 22 heavy (non-hydrogen) atoms. The van der Waals surface area contributed by atoms with E-state index in [1.165, 1.54) is 32.1 Å². The molecule has 1 aliphatic heterocycles. The van der Waals surface area contributed by atoms with Crippen molar-refractivity contribution < 1.29 is 4.79 Å². The number of nitrogens with two attached hydrogens (primary N) is 1. The molecule has 4 nitrogen and oxygen atoms in total. The van der Waals surface area contributed by atoms with Crippen LogP contribution in [0.5, 0.6) is 0 Å². The minimum atomic E-state index is 0.0439. The van der Waals surface area contributed by atoms with Crippen molar-refractivity contribution in [3.05, 3.63) is 0 Å². The summed E-state index contributed by atoms with van der Waals surface area (Å²) in [7, 11) is 0. The molecule has 2 aliphatic rings. The first-order chi connectivity index (χ1) is 10.5. The Labute approximate surface area is 136 Å². The lowest BCUT2D eigenvalue weighted by Gasteiger charge is -2.43. The van der Waals surface area contributed by atoms with Crippen molar-refractivity contribution in [2.45, 2.75) is 83.8 Å². The number of rotatable bonds is 5. The number of piperidine rings is 1. The number of likely N-dealkylation sites (N-methyl/N-ethyl adjacent to an activating group) is 1. The topological polar surface area (TPSA) is 49.6 Å². The van der Waals surface area contributed by atoms with Crippen LogP contribution in [0.15, 0.2) is 0 Å². The smallest absolute Gasteiger partial charge is 0.240 e. The number of likely N-dealkylation sites (tertiary alicyclic amines) is 1. The molecule has 0 bridgehead atoms. The Morgan fingerprint density at radius 1 is 1.14 bits per heavy atom. The van der Waals surface area contributed by atoms with Crippen molar-refractivity contribution in [1.29, 1.82) is 0 Å². The number of hydrogen-bond acceptors (Lipinski definition) is 3. The van der Waals surface area contributed by atoms with Gasteiger partial charge in [-0.3, -0.25) is 9.69 Å². The number of amides is 1. The van der Waals surface area contributed by atoms with Crippen molar-refractivity contribution in [3.8, 4) is 0 Å². The Morgan fingerprint density at radius 2 is 1.73 bits per heavy atom. The standard InChI is InChI=1S/C18H35N3O/c1-4-21(16-8-6-5-7-9-16)17(14(2)3)18(22)20-12-10-15(19)11-13-20/h14-17H,4-13,19H2,1-3H3. The van der Waals surface area contributed by atoms with Gasteiger partial charge in [0.25, 0.3) is 0 Å². The van der Waals surface area contributed by atoms with Crippen LogP contribution in [-0.4, -0.2) is 53.5 Å². The first kappa shape index (κ1) is 17.7. The lowest BCUT2D eigenvalue weighted by molar-refractivity contribution is -0.141. The predicted molar refractivity (Wildman–Crippen MR) is 91.7 cm³/mol. The quantitative estimate of drug-likeness (QED) is 0.849. The van der Waals surface area contributed by atoms with Gasteiger partial charge in [-0.25, -0.2) is 0 Å². The first-order valence-electron chi connectivity index (χ1n) is 9.34. The van der Waals surface area contributed by atoms with E-state index in [9.17, 15) is 4.79 Å². The Kier molecular flexibility index (Phi) is 6.69. The van der Waals surface area contributed by atoms with Crippen LogP contribution >= 0.6 is 0 Å². The molecule has 2 fully saturated rings. The molecular formula is C18H35N3O. The summed E-state index contributed by atoms with van der Waals surface area (Å²) in [6, 6.07) is 0.923. The first-order valence-corrected chi connectivity index (χ1v) is 9.34. The zero-order valence-electron chi connectivity index (χ0n) is 14.8. The average molecular weight is 309 g/mol. The fraction of sp³-hybridized carbons (Fsp3) is 0.944. The van der Waals surface area contributed by atoms with Gasteiger partial charge < -0.3 is 10.6 Å². The van der Waals surface area contributed by atoms with Gasteiger partial charge in [-0.1, -0.05) is 40.0 Å². The molecule has 1 saturated carbocycles. The zero-order chi connectivity index (χ0) is 16.1. The van der Waals surface area contributed by atoms with Gasteiger partial charge in [-0.2, -0.15) is 0 Å². The largest absolute Gasteiger partial charge is 0.341 e. The summed E-state index contributed by atoms with van der Waals surface area (Å²) in [6.45, 7) is 9.26. The molecule has 128 valence electrons. The van der Waals surface area contributed by atoms with Gasteiger partial charge in [0.2, 0.25) is 5.91 Å². The van der Waals surface area contributed by atoms with Crippen LogP contribution in [0.1, 0.15) is 65.7 Å². The van der Waals surface area contributed by atoms with E-state index in [2.05, 4.69) is 30.6 Å². The molecule has 1 atom stereocenters. The number of carbonyl (C=O) groups excluding carboxylic acids is 1. The maximum absolute atomic E-state index is 13.1. The van der Waals surface area contributed by atoms with Crippen LogP contribution in [0.2, 0.25) is 0 Å². The molecule has 0 spiro atoms. The Morgan fingerprint density at radius 3 is 2.23 bits per heavy atom. The monoisotopic (exact) mass is 309 g/mol. The van der Waals surface area contributed by atoms with Gasteiger partial charge in [-0.05, 0) is 38.1 Å². The highest BCUT2D eigenvalue weighted by atomic mass is 16.2. The average Bonchev–Trinajstić information content (AvgIpc) is 2.53. The van der Waals surface area contributed by atoms with E-state index in [-0.39, 0.29) is 12.1 Å². The molecule has 4 heteroatoms. The second-order valence-electron chi connectivity index (χ2n) is 7.47. The van der Waals surface area contributed by atoms with Crippen LogP contribution in [0.4, 0.5) is 0 Å². The summed E-state index contributed by atoms with van der Waals surface area (Å²) in [4.78, 5) is 17.7. The molecule has 2 rings (SSSR count). The molecular weight excluding hydrogens is 274 g/mol. The summed E-state index contributed by atoms with van der Waals surface area (Å²) in [5.74, 6) is 0.708. The van der Waals surface area contributed by atoms with Crippen molar-refractivity contribution in [3.63, 3.8) is 0 Å². The molecule has 0 aromatic heterocycles. The molecule has 0 aromatic rings. The highest BCUT2D eigenvalue weighted by Crippen LogP contribution is 2.27. The highest BCUT2D eigenvalue weighted by Gasteiger charge is 2.36. The summed E-state index contributed by atoms with van der Waals surface area (Å²) in [5, 5.41) is 0. The van der Waals surface area contributed by atoms with Gasteiger partial charge in [0.05, 0.1) is 6.04 Å². The van der Waals surface area contributed by atoms with Crippen molar-refractivity contribution in [2.24, 2.45) is 11.7 Å². The minimum Gasteiger partial charge on any atom is -0.341 e. The van der Waals surface area contributed by atoms with Gasteiger partial charge in [0, 0.05) is 25.2 Å². The van der Waals surface area contributed by atoms with E-state index in [4.69, 9.17) is 5.73 Å². The molecule has 2 N–H and O–H groups in total. The number of carbonyl (C=O) groups is 1. The third-order valence-corrected chi connectivity index (χ3v) is 5.50. The summed E-state index contributed by atoms with van der Waals surface area (Å²) >= 11 is 0. The Bertz CT molecular complexity index is 344. The van der Waals surface area contributed by atoms with Crippen LogP contribution in [-0.2, 0) is 4.79 Å². The van der Waals surface area contributed by atoms with Crippen LogP contribution in [0, 0.1) is 5.92 Å². The molecule has 1 unspecified atom stereocenters. The van der Waals surface area contributed by atoms with E-state index in [1.807, 2.05) is 0 Å². The molecule has 1 heterocycles. The molecule has 1 amide bonds. The van der Waals surface area contributed by atoms with E-state index >= 15 is 0 Å². The van der Waals surface area contributed by atoms with E-state index in [0.29, 0.717) is 17.9 Å².